The highest BCUT2D eigenvalue weighted by Gasteiger charge is 2.37. The van der Waals surface area contributed by atoms with Gasteiger partial charge in [-0.25, -0.2) is 0 Å². The quantitative estimate of drug-likeness (QED) is 0.172. The molecule has 0 saturated heterocycles. The number of rotatable bonds is 6. The molecule has 2 aliphatic rings. The molecule has 0 atom stereocenters. The van der Waals surface area contributed by atoms with E-state index in [1.165, 1.54) is 83.2 Å². The third kappa shape index (κ3) is 5.45. The van der Waals surface area contributed by atoms with Crippen molar-refractivity contribution in [2.45, 2.75) is 32.3 Å². The van der Waals surface area contributed by atoms with Crippen LogP contribution in [0.3, 0.4) is 0 Å². The molecule has 1 aliphatic carbocycles. The van der Waals surface area contributed by atoms with Crippen molar-refractivity contribution in [3.63, 3.8) is 0 Å². The maximum absolute atomic E-state index is 6.14. The summed E-state index contributed by atoms with van der Waals surface area (Å²) in [4.78, 5) is 2.48. The van der Waals surface area contributed by atoms with E-state index in [1.54, 1.807) is 0 Å². The molecule has 54 heavy (non-hydrogen) atoms. The van der Waals surface area contributed by atoms with Gasteiger partial charge in [0.2, 0.25) is 0 Å². The Labute approximate surface area is 318 Å². The minimum absolute atomic E-state index is 0.154. The summed E-state index contributed by atoms with van der Waals surface area (Å²) < 4.78 is 6.14. The van der Waals surface area contributed by atoms with Gasteiger partial charge >= 0.3 is 0 Å². The van der Waals surface area contributed by atoms with Gasteiger partial charge in [-0.2, -0.15) is 0 Å². The molecule has 0 amide bonds. The van der Waals surface area contributed by atoms with Gasteiger partial charge in [0.25, 0.3) is 0 Å². The minimum atomic E-state index is -0.154. The summed E-state index contributed by atoms with van der Waals surface area (Å²) in [5, 5.41) is 2.43. The van der Waals surface area contributed by atoms with Gasteiger partial charge in [0.05, 0.1) is 18.9 Å². The molecule has 0 bridgehead atoms. The van der Waals surface area contributed by atoms with Crippen molar-refractivity contribution < 1.29 is 4.74 Å². The Morgan fingerprint density at radius 3 is 1.89 bits per heavy atom. The molecular weight excluding hydrogens is 655 g/mol. The van der Waals surface area contributed by atoms with E-state index in [1.807, 2.05) is 0 Å². The van der Waals surface area contributed by atoms with Crippen LogP contribution in [0.25, 0.3) is 55.3 Å². The Kier molecular flexibility index (Phi) is 7.82. The van der Waals surface area contributed by atoms with E-state index < -0.39 is 0 Å². The number of fused-ring (bicyclic) bond motifs is 5. The van der Waals surface area contributed by atoms with E-state index >= 15 is 0 Å². The van der Waals surface area contributed by atoms with Crippen LogP contribution in [0.15, 0.2) is 176 Å². The summed E-state index contributed by atoms with van der Waals surface area (Å²) in [6.45, 7) is 6.13. The fourth-order valence-electron chi connectivity index (χ4n) is 8.83. The number of hydrogen-bond donors (Lipinski definition) is 0. The number of anilines is 3. The summed E-state index contributed by atoms with van der Waals surface area (Å²) >= 11 is 0. The third-order valence-electron chi connectivity index (χ3n) is 11.7. The Morgan fingerprint density at radius 2 is 1.09 bits per heavy atom. The molecule has 1 heterocycles. The van der Waals surface area contributed by atoms with Crippen LogP contribution >= 0.6 is 0 Å². The molecule has 1 aliphatic heterocycles. The lowest BCUT2D eigenvalue weighted by Gasteiger charge is -2.32. The van der Waals surface area contributed by atoms with Gasteiger partial charge in [-0.05, 0) is 121 Å². The van der Waals surface area contributed by atoms with Crippen molar-refractivity contribution in [1.29, 1.82) is 0 Å². The van der Waals surface area contributed by atoms with E-state index in [2.05, 4.69) is 195 Å². The standard InChI is InChI=1S/C52H41NO/c1-52(2)49-19-10-9-17-45(49)46-32-47(44-18-11-16-38-28-29-54-34-48(38)44)51(33-50(46)52)53(42-25-22-37(23-26-42)35-12-5-3-6-13-35)43-27-24-40-30-39(20-21-41(40)31-43)36-14-7-4-8-15-36/h3-27,30-33H,28-29,34H2,1-2H3. The predicted molar refractivity (Wildman–Crippen MR) is 226 cm³/mol. The second-order valence-electron chi connectivity index (χ2n) is 15.2. The number of hydrogen-bond acceptors (Lipinski definition) is 2. The Balaban J connectivity index is 1.22. The van der Waals surface area contributed by atoms with Crippen molar-refractivity contribution >= 4 is 27.8 Å². The lowest BCUT2D eigenvalue weighted by Crippen LogP contribution is -2.17. The molecule has 8 aromatic rings. The van der Waals surface area contributed by atoms with Crippen LogP contribution in [-0.4, -0.2) is 6.61 Å². The first kappa shape index (κ1) is 32.4. The SMILES string of the molecule is CC1(C)c2ccccc2-c2cc(-c3cccc4c3COCC4)c(N(c3ccc(-c4ccccc4)cc3)c3ccc4cc(-c5ccccc5)ccc4c3)cc21. The highest BCUT2D eigenvalue weighted by molar-refractivity contribution is 5.98. The van der Waals surface area contributed by atoms with Crippen LogP contribution in [0.4, 0.5) is 17.1 Å². The summed E-state index contributed by atoms with van der Waals surface area (Å²) in [5.74, 6) is 0. The van der Waals surface area contributed by atoms with E-state index in [9.17, 15) is 0 Å². The molecule has 10 rings (SSSR count). The van der Waals surface area contributed by atoms with Crippen LogP contribution in [0, 0.1) is 0 Å². The summed E-state index contributed by atoms with van der Waals surface area (Å²) in [6.07, 6.45) is 0.930. The second-order valence-corrected chi connectivity index (χ2v) is 15.2. The average Bonchev–Trinajstić information content (AvgIpc) is 3.46. The Hall–Kier alpha value is -6.22. The molecule has 0 fully saturated rings. The van der Waals surface area contributed by atoms with Gasteiger partial charge in [-0.15, -0.1) is 0 Å². The van der Waals surface area contributed by atoms with Crippen LogP contribution in [0.5, 0.6) is 0 Å². The number of benzene rings is 8. The molecule has 0 unspecified atom stereocenters. The van der Waals surface area contributed by atoms with Crippen LogP contribution in [-0.2, 0) is 23.2 Å². The molecule has 8 aromatic carbocycles. The van der Waals surface area contributed by atoms with Crippen LogP contribution < -0.4 is 4.90 Å². The maximum Gasteiger partial charge on any atom is 0.0725 e. The average molecular weight is 696 g/mol. The topological polar surface area (TPSA) is 12.5 Å². The first-order valence-electron chi connectivity index (χ1n) is 19.1. The maximum atomic E-state index is 6.14. The lowest BCUT2D eigenvalue weighted by molar-refractivity contribution is 0.111. The first-order chi connectivity index (χ1) is 26.5. The normalized spacial score (nSPS) is 14.0. The highest BCUT2D eigenvalue weighted by Crippen LogP contribution is 2.54. The second kappa shape index (κ2) is 13.0. The highest BCUT2D eigenvalue weighted by atomic mass is 16.5. The smallest absolute Gasteiger partial charge is 0.0725 e. The molecule has 0 aromatic heterocycles. The van der Waals surface area contributed by atoms with E-state index in [0.29, 0.717) is 6.61 Å². The molecular formula is C52H41NO. The fraction of sp³-hybridized carbons (Fsp3) is 0.115. The largest absolute Gasteiger partial charge is 0.376 e. The van der Waals surface area contributed by atoms with Crippen LogP contribution in [0.2, 0.25) is 0 Å². The number of nitrogens with zero attached hydrogens (tertiary/aromatic N) is 1. The molecule has 2 heteroatoms. The first-order valence-corrected chi connectivity index (χ1v) is 19.1. The lowest BCUT2D eigenvalue weighted by atomic mass is 9.81. The molecule has 0 N–H and O–H groups in total. The predicted octanol–water partition coefficient (Wildman–Crippen LogP) is 13.7. The van der Waals surface area contributed by atoms with E-state index in [-0.39, 0.29) is 5.41 Å². The zero-order chi connectivity index (χ0) is 36.2. The third-order valence-corrected chi connectivity index (χ3v) is 11.7. The van der Waals surface area contributed by atoms with E-state index in [4.69, 9.17) is 4.74 Å². The van der Waals surface area contributed by atoms with Gasteiger partial charge in [-0.1, -0.05) is 147 Å². The Morgan fingerprint density at radius 1 is 0.463 bits per heavy atom. The molecule has 0 spiro atoms. The van der Waals surface area contributed by atoms with Gasteiger partial charge in [-0.3, -0.25) is 0 Å². The van der Waals surface area contributed by atoms with Crippen molar-refractivity contribution in [1.82, 2.24) is 0 Å². The van der Waals surface area contributed by atoms with Gasteiger partial charge < -0.3 is 9.64 Å². The monoisotopic (exact) mass is 695 g/mol. The zero-order valence-electron chi connectivity index (χ0n) is 30.7. The molecule has 260 valence electrons. The van der Waals surface area contributed by atoms with E-state index in [0.717, 1.165) is 24.4 Å². The zero-order valence-corrected chi connectivity index (χ0v) is 30.7. The number of ether oxygens (including phenoxy) is 1. The van der Waals surface area contributed by atoms with Gasteiger partial charge in [0.15, 0.2) is 0 Å². The summed E-state index contributed by atoms with van der Waals surface area (Å²) in [7, 11) is 0. The molecule has 0 saturated carbocycles. The van der Waals surface area contributed by atoms with Crippen LogP contribution in [0.1, 0.15) is 36.1 Å². The van der Waals surface area contributed by atoms with Crippen molar-refractivity contribution in [2.75, 3.05) is 11.5 Å². The summed E-state index contributed by atoms with van der Waals surface area (Å²) in [5.41, 5.74) is 18.6. The Bertz CT molecular complexity index is 2670. The molecule has 2 nitrogen and oxygen atoms in total. The minimum Gasteiger partial charge on any atom is -0.376 e. The van der Waals surface area contributed by atoms with Gasteiger partial charge in [0.1, 0.15) is 0 Å². The molecule has 0 radical (unpaired) electrons. The van der Waals surface area contributed by atoms with Crippen molar-refractivity contribution in [2.24, 2.45) is 0 Å². The van der Waals surface area contributed by atoms with Gasteiger partial charge in [0, 0.05) is 22.4 Å². The van der Waals surface area contributed by atoms with Crippen molar-refractivity contribution in [3.05, 3.63) is 198 Å². The summed E-state index contributed by atoms with van der Waals surface area (Å²) in [6, 6.07) is 64.9. The fourth-order valence-corrected chi connectivity index (χ4v) is 8.83. The van der Waals surface area contributed by atoms with Crippen molar-refractivity contribution in [3.8, 4) is 44.5 Å².